The fraction of sp³-hybridized carbons (Fsp3) is 0.263. The van der Waals surface area contributed by atoms with Crippen LogP contribution in [0.2, 0.25) is 0 Å². The number of amides is 2. The van der Waals surface area contributed by atoms with Gasteiger partial charge in [0.15, 0.2) is 0 Å². The molecular weight excluding hydrogens is 387 g/mol. The molecule has 2 aromatic carbocycles. The van der Waals surface area contributed by atoms with Crippen LogP contribution in [0, 0.1) is 5.82 Å². The average molecular weight is 405 g/mol. The molecule has 3 rings (SSSR count). The Morgan fingerprint density at radius 1 is 1.24 bits per heavy atom. The number of hydrogen-bond acceptors (Lipinski definition) is 2. The van der Waals surface area contributed by atoms with Crippen molar-refractivity contribution in [2.24, 2.45) is 0 Å². The van der Waals surface area contributed by atoms with Crippen molar-refractivity contribution in [1.29, 1.82) is 0 Å². The van der Waals surface area contributed by atoms with E-state index in [4.69, 9.17) is 0 Å². The predicted molar refractivity (Wildman–Crippen MR) is 99.1 cm³/mol. The van der Waals surface area contributed by atoms with E-state index in [0.717, 1.165) is 16.5 Å². The zero-order valence-electron chi connectivity index (χ0n) is 13.6. The lowest BCUT2D eigenvalue weighted by atomic mass is 10.1. The molecule has 1 aliphatic rings. The van der Waals surface area contributed by atoms with Crippen molar-refractivity contribution in [3.8, 4) is 0 Å². The maximum absolute atomic E-state index is 14.3. The molecule has 0 bridgehead atoms. The van der Waals surface area contributed by atoms with E-state index in [1.54, 1.807) is 12.1 Å². The van der Waals surface area contributed by atoms with Crippen LogP contribution in [0.25, 0.3) is 0 Å². The summed E-state index contributed by atoms with van der Waals surface area (Å²) in [6.45, 7) is 0.535. The van der Waals surface area contributed by atoms with Crippen molar-refractivity contribution in [3.63, 3.8) is 0 Å². The Hall–Kier alpha value is -2.21. The van der Waals surface area contributed by atoms with E-state index in [0.29, 0.717) is 31.5 Å². The molecule has 1 heterocycles. The van der Waals surface area contributed by atoms with Crippen molar-refractivity contribution in [2.75, 3.05) is 16.8 Å². The number of benzene rings is 2. The average Bonchev–Trinajstić information content (AvgIpc) is 3.00. The third-order valence-corrected chi connectivity index (χ3v) is 4.95. The second kappa shape index (κ2) is 7.78. The van der Waals surface area contributed by atoms with Gasteiger partial charge in [-0.15, -0.1) is 0 Å². The van der Waals surface area contributed by atoms with Crippen LogP contribution < -0.4 is 10.2 Å². The highest BCUT2D eigenvalue weighted by Crippen LogP contribution is 2.27. The van der Waals surface area contributed by atoms with E-state index in [1.165, 1.54) is 11.0 Å². The van der Waals surface area contributed by atoms with Gasteiger partial charge < -0.3 is 10.2 Å². The van der Waals surface area contributed by atoms with Crippen LogP contribution in [-0.2, 0) is 16.0 Å². The molecule has 0 unspecified atom stereocenters. The summed E-state index contributed by atoms with van der Waals surface area (Å²) in [6.07, 6.45) is 2.09. The van der Waals surface area contributed by atoms with Crippen LogP contribution >= 0.6 is 15.9 Å². The number of hydrogen-bond donors (Lipinski definition) is 1. The Kier molecular flexibility index (Phi) is 5.48. The first-order chi connectivity index (χ1) is 12.0. The first-order valence-electron chi connectivity index (χ1n) is 8.18. The van der Waals surface area contributed by atoms with E-state index in [9.17, 15) is 14.0 Å². The van der Waals surface area contributed by atoms with Gasteiger partial charge in [0.1, 0.15) is 5.82 Å². The molecule has 0 spiro atoms. The van der Waals surface area contributed by atoms with Crippen LogP contribution in [0.3, 0.4) is 0 Å². The van der Waals surface area contributed by atoms with Crippen molar-refractivity contribution in [3.05, 3.63) is 58.3 Å². The van der Waals surface area contributed by atoms with E-state index >= 15 is 0 Å². The quantitative estimate of drug-likeness (QED) is 0.807. The molecule has 130 valence electrons. The highest BCUT2D eigenvalue weighted by molar-refractivity contribution is 9.10. The maximum atomic E-state index is 14.3. The lowest BCUT2D eigenvalue weighted by molar-refractivity contribution is -0.117. The van der Waals surface area contributed by atoms with E-state index < -0.39 is 5.82 Å². The van der Waals surface area contributed by atoms with Crippen LogP contribution in [-0.4, -0.2) is 18.4 Å². The molecule has 2 amide bonds. The lowest BCUT2D eigenvalue weighted by Gasteiger charge is -2.17. The summed E-state index contributed by atoms with van der Waals surface area (Å²) in [7, 11) is 0. The Bertz CT molecular complexity index is 810. The third kappa shape index (κ3) is 4.25. The summed E-state index contributed by atoms with van der Waals surface area (Å²) in [5.74, 6) is -0.747. The minimum Gasteiger partial charge on any atom is -0.326 e. The SMILES string of the molecule is O=C(CCc1ccccc1Br)Nc1ccc(N2CCCC2=O)c(F)c1. The molecule has 1 saturated heterocycles. The zero-order valence-corrected chi connectivity index (χ0v) is 15.2. The molecule has 0 radical (unpaired) electrons. The molecule has 0 saturated carbocycles. The predicted octanol–water partition coefficient (Wildman–Crippen LogP) is 4.29. The molecule has 6 heteroatoms. The van der Waals surface area contributed by atoms with Gasteiger partial charge in [0, 0.05) is 29.5 Å². The van der Waals surface area contributed by atoms with Crippen LogP contribution in [0.1, 0.15) is 24.8 Å². The van der Waals surface area contributed by atoms with Crippen molar-refractivity contribution in [2.45, 2.75) is 25.7 Å². The minimum absolute atomic E-state index is 0.0656. The van der Waals surface area contributed by atoms with Crippen LogP contribution in [0.4, 0.5) is 15.8 Å². The van der Waals surface area contributed by atoms with Crippen molar-refractivity contribution >= 4 is 39.1 Å². The molecule has 0 atom stereocenters. The number of carbonyl (C=O) groups excluding carboxylic acids is 2. The third-order valence-electron chi connectivity index (χ3n) is 4.17. The summed E-state index contributed by atoms with van der Waals surface area (Å²) in [4.78, 5) is 25.3. The number of rotatable bonds is 5. The van der Waals surface area contributed by atoms with E-state index in [2.05, 4.69) is 21.2 Å². The largest absolute Gasteiger partial charge is 0.326 e. The number of carbonyl (C=O) groups is 2. The summed E-state index contributed by atoms with van der Waals surface area (Å²) in [6, 6.07) is 12.2. The van der Waals surface area contributed by atoms with Gasteiger partial charge in [0.05, 0.1) is 5.69 Å². The van der Waals surface area contributed by atoms with Crippen LogP contribution in [0.5, 0.6) is 0 Å². The first kappa shape index (κ1) is 17.6. The highest BCUT2D eigenvalue weighted by Gasteiger charge is 2.24. The molecular formula is C19H18BrFN2O2. The smallest absolute Gasteiger partial charge is 0.227 e. The topological polar surface area (TPSA) is 49.4 Å². The number of aryl methyl sites for hydroxylation is 1. The molecule has 1 N–H and O–H groups in total. The van der Waals surface area contributed by atoms with Crippen molar-refractivity contribution in [1.82, 2.24) is 0 Å². The molecule has 1 aliphatic heterocycles. The molecule has 0 aromatic heterocycles. The van der Waals surface area contributed by atoms with Gasteiger partial charge >= 0.3 is 0 Å². The molecule has 2 aromatic rings. The first-order valence-corrected chi connectivity index (χ1v) is 8.97. The van der Waals surface area contributed by atoms with Gasteiger partial charge in [-0.05, 0) is 42.7 Å². The highest BCUT2D eigenvalue weighted by atomic mass is 79.9. The molecule has 25 heavy (non-hydrogen) atoms. The van der Waals surface area contributed by atoms with Crippen LogP contribution in [0.15, 0.2) is 46.9 Å². The zero-order chi connectivity index (χ0) is 17.8. The summed E-state index contributed by atoms with van der Waals surface area (Å²) >= 11 is 3.45. The molecule has 4 nitrogen and oxygen atoms in total. The molecule has 0 aliphatic carbocycles. The van der Waals surface area contributed by atoms with E-state index in [-0.39, 0.29) is 17.5 Å². The Balaban J connectivity index is 1.61. The van der Waals surface area contributed by atoms with E-state index in [1.807, 2.05) is 24.3 Å². The Morgan fingerprint density at radius 2 is 2.04 bits per heavy atom. The van der Waals surface area contributed by atoms with Gasteiger partial charge in [-0.1, -0.05) is 34.1 Å². The summed E-state index contributed by atoms with van der Waals surface area (Å²) in [5, 5.41) is 2.70. The number of nitrogens with one attached hydrogen (secondary N) is 1. The molecule has 1 fully saturated rings. The second-order valence-corrected chi connectivity index (χ2v) is 6.81. The summed E-state index contributed by atoms with van der Waals surface area (Å²) in [5.41, 5.74) is 1.71. The summed E-state index contributed by atoms with van der Waals surface area (Å²) < 4.78 is 15.2. The Labute approximate surface area is 154 Å². The number of anilines is 2. The van der Waals surface area contributed by atoms with Gasteiger partial charge in [-0.2, -0.15) is 0 Å². The fourth-order valence-corrected chi connectivity index (χ4v) is 3.36. The van der Waals surface area contributed by atoms with Gasteiger partial charge in [-0.3, -0.25) is 9.59 Å². The Morgan fingerprint density at radius 3 is 2.72 bits per heavy atom. The number of nitrogens with zero attached hydrogens (tertiary/aromatic N) is 1. The van der Waals surface area contributed by atoms with Gasteiger partial charge in [0.25, 0.3) is 0 Å². The van der Waals surface area contributed by atoms with Crippen molar-refractivity contribution < 1.29 is 14.0 Å². The standard InChI is InChI=1S/C19H18BrFN2O2/c20-15-5-2-1-4-13(15)7-10-18(24)22-14-8-9-17(16(21)12-14)23-11-3-6-19(23)25/h1-2,4-5,8-9,12H,3,6-7,10-11H2,(H,22,24). The minimum atomic E-state index is -0.501. The number of halogens is 2. The fourth-order valence-electron chi connectivity index (χ4n) is 2.88. The lowest BCUT2D eigenvalue weighted by Crippen LogP contribution is -2.24. The second-order valence-electron chi connectivity index (χ2n) is 5.95. The monoisotopic (exact) mass is 404 g/mol. The van der Waals surface area contributed by atoms with Gasteiger partial charge in [0.2, 0.25) is 11.8 Å². The van der Waals surface area contributed by atoms with Gasteiger partial charge in [-0.25, -0.2) is 4.39 Å². The normalized spacial score (nSPS) is 14.0. The maximum Gasteiger partial charge on any atom is 0.227 e.